The van der Waals surface area contributed by atoms with Crippen molar-refractivity contribution in [2.24, 2.45) is 0 Å². The molecule has 1 aromatic carbocycles. The van der Waals surface area contributed by atoms with Crippen molar-refractivity contribution in [1.29, 1.82) is 0 Å². The van der Waals surface area contributed by atoms with Gasteiger partial charge in [0, 0.05) is 6.61 Å². The van der Waals surface area contributed by atoms with E-state index < -0.39 is 0 Å². The molecule has 0 fully saturated rings. The van der Waals surface area contributed by atoms with Crippen LogP contribution in [-0.4, -0.2) is 16.8 Å². The van der Waals surface area contributed by atoms with Crippen molar-refractivity contribution in [3.05, 3.63) is 28.8 Å². The van der Waals surface area contributed by atoms with E-state index in [0.717, 1.165) is 17.5 Å². The summed E-state index contributed by atoms with van der Waals surface area (Å²) < 4.78 is 0. The predicted octanol–water partition coefficient (Wildman–Crippen LogP) is 4.47. The van der Waals surface area contributed by atoms with Crippen LogP contribution >= 0.6 is 0 Å². The zero-order chi connectivity index (χ0) is 15.7. The van der Waals surface area contributed by atoms with E-state index in [1.165, 1.54) is 5.56 Å². The molecule has 0 bridgehead atoms. The highest BCUT2D eigenvalue weighted by Gasteiger charge is 2.27. The maximum atomic E-state index is 10.6. The number of rotatable bonds is 3. The molecule has 0 saturated heterocycles. The van der Waals surface area contributed by atoms with Gasteiger partial charge in [-0.15, -0.1) is 0 Å². The Morgan fingerprint density at radius 2 is 1.35 bits per heavy atom. The predicted molar refractivity (Wildman–Crippen MR) is 85.6 cm³/mol. The number of hydrogen-bond donors (Lipinski definition) is 2. The van der Waals surface area contributed by atoms with Gasteiger partial charge < -0.3 is 10.2 Å². The summed E-state index contributed by atoms with van der Waals surface area (Å²) in [6.45, 7) is 15.0. The van der Waals surface area contributed by atoms with Gasteiger partial charge in [-0.05, 0) is 39.9 Å². The fraction of sp³-hybridized carbons (Fsp3) is 0.667. The van der Waals surface area contributed by atoms with Crippen molar-refractivity contribution in [3.8, 4) is 5.75 Å². The van der Waals surface area contributed by atoms with Crippen molar-refractivity contribution in [1.82, 2.24) is 0 Å². The quantitative estimate of drug-likeness (QED) is 0.856. The number of aliphatic hydroxyl groups excluding tert-OH is 1. The van der Waals surface area contributed by atoms with Crippen LogP contribution in [0.15, 0.2) is 12.1 Å². The van der Waals surface area contributed by atoms with Gasteiger partial charge in [-0.25, -0.2) is 0 Å². The van der Waals surface area contributed by atoms with Crippen molar-refractivity contribution >= 4 is 0 Å². The van der Waals surface area contributed by atoms with Gasteiger partial charge in [0.1, 0.15) is 5.75 Å². The molecule has 1 rings (SSSR count). The van der Waals surface area contributed by atoms with Crippen LogP contribution in [0, 0.1) is 0 Å². The molecule has 0 radical (unpaired) electrons. The lowest BCUT2D eigenvalue weighted by molar-refractivity contribution is 0.278. The topological polar surface area (TPSA) is 40.5 Å². The Labute approximate surface area is 123 Å². The third kappa shape index (κ3) is 3.76. The van der Waals surface area contributed by atoms with Crippen LogP contribution < -0.4 is 0 Å². The molecule has 0 aliphatic heterocycles. The first-order valence-corrected chi connectivity index (χ1v) is 7.47. The smallest absolute Gasteiger partial charge is 0.123 e. The SMILES string of the molecule is CC(CCO)c1cc(C(C)(C)C)c(O)c(C(C)(C)C)c1. The summed E-state index contributed by atoms with van der Waals surface area (Å²) in [4.78, 5) is 0. The van der Waals surface area contributed by atoms with Crippen molar-refractivity contribution in [3.63, 3.8) is 0 Å². The molecule has 0 spiro atoms. The summed E-state index contributed by atoms with van der Waals surface area (Å²) in [6, 6.07) is 4.20. The van der Waals surface area contributed by atoms with Crippen LogP contribution in [0.25, 0.3) is 0 Å². The standard InChI is InChI=1S/C18H30O2/c1-12(8-9-19)13-10-14(17(2,3)4)16(20)15(11-13)18(5,6)7/h10-12,19-20H,8-9H2,1-7H3. The van der Waals surface area contributed by atoms with E-state index in [1.54, 1.807) is 0 Å². The summed E-state index contributed by atoms with van der Waals surface area (Å²) in [5.74, 6) is 0.716. The van der Waals surface area contributed by atoms with Crippen LogP contribution in [0.2, 0.25) is 0 Å². The van der Waals surface area contributed by atoms with E-state index in [0.29, 0.717) is 11.7 Å². The molecule has 114 valence electrons. The maximum absolute atomic E-state index is 10.6. The zero-order valence-electron chi connectivity index (χ0n) is 14.0. The molecule has 2 heteroatoms. The average molecular weight is 278 g/mol. The molecule has 0 saturated carbocycles. The minimum Gasteiger partial charge on any atom is -0.507 e. The number of hydrogen-bond acceptors (Lipinski definition) is 2. The van der Waals surface area contributed by atoms with Crippen LogP contribution in [0.3, 0.4) is 0 Å². The lowest BCUT2D eigenvalue weighted by atomic mass is 9.77. The fourth-order valence-corrected chi connectivity index (χ4v) is 2.45. The van der Waals surface area contributed by atoms with Crippen LogP contribution in [0.4, 0.5) is 0 Å². The lowest BCUT2D eigenvalue weighted by Crippen LogP contribution is -2.18. The Bertz CT molecular complexity index is 426. The second-order valence-corrected chi connectivity index (χ2v) is 7.88. The van der Waals surface area contributed by atoms with Gasteiger partial charge in [-0.3, -0.25) is 0 Å². The van der Waals surface area contributed by atoms with Gasteiger partial charge >= 0.3 is 0 Å². The third-order valence-electron chi connectivity index (χ3n) is 3.88. The van der Waals surface area contributed by atoms with E-state index in [-0.39, 0.29) is 17.4 Å². The summed E-state index contributed by atoms with van der Waals surface area (Å²) >= 11 is 0. The molecule has 0 aliphatic carbocycles. The molecule has 1 aromatic rings. The molecule has 0 heterocycles. The highest BCUT2D eigenvalue weighted by molar-refractivity contribution is 5.50. The first kappa shape index (κ1) is 17.0. The van der Waals surface area contributed by atoms with E-state index >= 15 is 0 Å². The number of phenols is 1. The molecule has 0 aromatic heterocycles. The Balaban J connectivity index is 3.50. The van der Waals surface area contributed by atoms with Gasteiger partial charge in [-0.2, -0.15) is 0 Å². The van der Waals surface area contributed by atoms with Crippen molar-refractivity contribution in [2.75, 3.05) is 6.61 Å². The first-order valence-electron chi connectivity index (χ1n) is 7.47. The summed E-state index contributed by atoms with van der Waals surface area (Å²) in [7, 11) is 0. The van der Waals surface area contributed by atoms with Gasteiger partial charge in [0.25, 0.3) is 0 Å². The number of benzene rings is 1. The average Bonchev–Trinajstić information content (AvgIpc) is 2.26. The van der Waals surface area contributed by atoms with E-state index in [2.05, 4.69) is 60.6 Å². The molecule has 20 heavy (non-hydrogen) atoms. The molecule has 0 aliphatic rings. The van der Waals surface area contributed by atoms with Crippen LogP contribution in [-0.2, 0) is 10.8 Å². The molecule has 2 nitrogen and oxygen atoms in total. The van der Waals surface area contributed by atoms with Gasteiger partial charge in [-0.1, -0.05) is 60.6 Å². The van der Waals surface area contributed by atoms with Gasteiger partial charge in [0.05, 0.1) is 0 Å². The molecular formula is C18H30O2. The molecule has 0 amide bonds. The van der Waals surface area contributed by atoms with Crippen molar-refractivity contribution < 1.29 is 10.2 Å². The normalized spacial score (nSPS) is 14.4. The highest BCUT2D eigenvalue weighted by Crippen LogP contribution is 2.41. The second-order valence-electron chi connectivity index (χ2n) is 7.88. The highest BCUT2D eigenvalue weighted by atomic mass is 16.3. The minimum atomic E-state index is -0.0982. The monoisotopic (exact) mass is 278 g/mol. The number of phenolic OH excluding ortho intramolecular Hbond substituents is 1. The Morgan fingerprint density at radius 1 is 0.950 bits per heavy atom. The molecular weight excluding hydrogens is 248 g/mol. The fourth-order valence-electron chi connectivity index (χ4n) is 2.45. The summed E-state index contributed by atoms with van der Waals surface area (Å²) in [6.07, 6.45) is 0.748. The van der Waals surface area contributed by atoms with Crippen LogP contribution in [0.1, 0.15) is 77.5 Å². The lowest BCUT2D eigenvalue weighted by Gasteiger charge is -2.29. The Kier molecular flexibility index (Phi) is 4.91. The third-order valence-corrected chi connectivity index (χ3v) is 3.88. The van der Waals surface area contributed by atoms with Gasteiger partial charge in [0.15, 0.2) is 0 Å². The maximum Gasteiger partial charge on any atom is 0.123 e. The number of aromatic hydroxyl groups is 1. The van der Waals surface area contributed by atoms with Crippen LogP contribution in [0.5, 0.6) is 5.75 Å². The minimum absolute atomic E-state index is 0.0982. The Morgan fingerprint density at radius 3 is 1.65 bits per heavy atom. The second kappa shape index (κ2) is 5.77. The van der Waals surface area contributed by atoms with Crippen molar-refractivity contribution in [2.45, 2.75) is 71.6 Å². The molecule has 1 atom stereocenters. The molecule has 2 N–H and O–H groups in total. The van der Waals surface area contributed by atoms with E-state index in [4.69, 9.17) is 5.11 Å². The van der Waals surface area contributed by atoms with Gasteiger partial charge in [0.2, 0.25) is 0 Å². The molecule has 1 unspecified atom stereocenters. The Hall–Kier alpha value is -1.02. The van der Waals surface area contributed by atoms with E-state index in [9.17, 15) is 5.11 Å². The first-order chi connectivity index (χ1) is 8.98. The largest absolute Gasteiger partial charge is 0.507 e. The summed E-state index contributed by atoms with van der Waals surface area (Å²) in [5.41, 5.74) is 2.99. The van der Waals surface area contributed by atoms with E-state index in [1.807, 2.05) is 0 Å². The zero-order valence-corrected chi connectivity index (χ0v) is 14.0. The summed E-state index contributed by atoms with van der Waals surface area (Å²) in [5, 5.41) is 19.8. The number of aliphatic hydroxyl groups is 1.